The summed E-state index contributed by atoms with van der Waals surface area (Å²) in [6.07, 6.45) is 0. The van der Waals surface area contributed by atoms with Crippen molar-refractivity contribution >= 4 is 51.2 Å². The minimum absolute atomic E-state index is 0.197. The van der Waals surface area contributed by atoms with Crippen LogP contribution in [0.1, 0.15) is 0 Å². The van der Waals surface area contributed by atoms with E-state index in [0.717, 1.165) is 0 Å². The van der Waals surface area contributed by atoms with Gasteiger partial charge in [0.2, 0.25) is 0 Å². The second-order valence-corrected chi connectivity index (χ2v) is 11.3. The molecule has 0 bridgehead atoms. The van der Waals surface area contributed by atoms with E-state index in [1.807, 2.05) is 59.5 Å². The average Bonchev–Trinajstić information content (AvgIpc) is 3.15. The molecule has 49 heavy (non-hydrogen) atoms. The van der Waals surface area contributed by atoms with Gasteiger partial charge in [-0.05, 0) is 36.4 Å². The standard InChI is InChI=1S/C36H33N7O6/c44-31-25(28(34(31)47)40-22-10-4-1-5-11-22)37-16-19-43(20-17-38-26-29(35(48)32(26)45)41-23-12-6-2-7-13-23)21-18-39-27-30(36(49)33(27)46)42-24-14-8-3-9-15-24/h1-15,37-42H,16-21H2. The van der Waals surface area contributed by atoms with Crippen molar-refractivity contribution in [2.75, 3.05) is 71.2 Å². The SMILES string of the molecule is O=c1c(NCCN(CCNc2c(Nc3ccccc3)c(=O)c2=O)CCNc2c(Nc3ccccc3)c(=O)c2=O)c(Nc2ccccc2)c1=O. The van der Waals surface area contributed by atoms with Crippen LogP contribution in [0.3, 0.4) is 0 Å². The van der Waals surface area contributed by atoms with Crippen LogP contribution in [0.25, 0.3) is 0 Å². The van der Waals surface area contributed by atoms with Crippen LogP contribution in [0, 0.1) is 0 Å². The molecule has 0 aliphatic heterocycles. The monoisotopic (exact) mass is 659 g/mol. The van der Waals surface area contributed by atoms with E-state index in [4.69, 9.17) is 0 Å². The zero-order chi connectivity index (χ0) is 34.3. The number of benzene rings is 3. The minimum atomic E-state index is -0.606. The Balaban J connectivity index is 1.09. The lowest BCUT2D eigenvalue weighted by Crippen LogP contribution is -2.42. The van der Waals surface area contributed by atoms with Gasteiger partial charge in [0.05, 0.1) is 0 Å². The summed E-state index contributed by atoms with van der Waals surface area (Å²) < 4.78 is 0. The van der Waals surface area contributed by atoms with Gasteiger partial charge in [0.15, 0.2) is 0 Å². The quantitative estimate of drug-likeness (QED) is 0.0743. The molecular formula is C36H33N7O6. The molecule has 13 nitrogen and oxygen atoms in total. The van der Waals surface area contributed by atoms with Gasteiger partial charge in [-0.3, -0.25) is 33.7 Å². The van der Waals surface area contributed by atoms with Crippen LogP contribution < -0.4 is 64.5 Å². The first-order valence-corrected chi connectivity index (χ1v) is 15.7. The maximum Gasteiger partial charge on any atom is 0.253 e. The lowest BCUT2D eigenvalue weighted by atomic mass is 10.1. The average molecular weight is 660 g/mol. The maximum absolute atomic E-state index is 12.4. The Bertz CT molecular complexity index is 2010. The Morgan fingerprint density at radius 3 is 0.857 bits per heavy atom. The van der Waals surface area contributed by atoms with Crippen LogP contribution in [0.2, 0.25) is 0 Å². The third-order valence-corrected chi connectivity index (χ3v) is 8.05. The Kier molecular flexibility index (Phi) is 9.72. The van der Waals surface area contributed by atoms with Crippen molar-refractivity contribution in [3.63, 3.8) is 0 Å². The molecule has 0 fully saturated rings. The first kappa shape index (κ1) is 32.6. The van der Waals surface area contributed by atoms with E-state index >= 15 is 0 Å². The van der Waals surface area contributed by atoms with E-state index in [1.54, 1.807) is 36.4 Å². The summed E-state index contributed by atoms with van der Waals surface area (Å²) in [6, 6.07) is 27.1. The van der Waals surface area contributed by atoms with Gasteiger partial charge in [0.1, 0.15) is 34.1 Å². The van der Waals surface area contributed by atoms with Crippen molar-refractivity contribution in [3.05, 3.63) is 152 Å². The van der Waals surface area contributed by atoms with Gasteiger partial charge in [-0.2, -0.15) is 0 Å². The van der Waals surface area contributed by atoms with Gasteiger partial charge in [0.25, 0.3) is 32.6 Å². The fourth-order valence-corrected chi connectivity index (χ4v) is 5.39. The van der Waals surface area contributed by atoms with E-state index in [-0.39, 0.29) is 34.1 Å². The topological polar surface area (TPSA) is 178 Å². The number of hydrogen-bond donors (Lipinski definition) is 6. The van der Waals surface area contributed by atoms with Crippen LogP contribution in [0.5, 0.6) is 0 Å². The highest BCUT2D eigenvalue weighted by Crippen LogP contribution is 2.22. The molecular weight excluding hydrogens is 626 g/mol. The summed E-state index contributed by atoms with van der Waals surface area (Å²) in [7, 11) is 0. The molecule has 0 saturated heterocycles. The van der Waals surface area contributed by atoms with E-state index in [1.165, 1.54) is 0 Å². The molecule has 6 aromatic rings. The predicted octanol–water partition coefficient (Wildman–Crippen LogP) is 2.64. The summed E-state index contributed by atoms with van der Waals surface area (Å²) in [5, 5.41) is 18.2. The maximum atomic E-state index is 12.4. The molecule has 0 saturated carbocycles. The number of rotatable bonds is 18. The summed E-state index contributed by atoms with van der Waals surface area (Å²) >= 11 is 0. The first-order valence-electron chi connectivity index (χ1n) is 15.7. The number of para-hydroxylation sites is 3. The van der Waals surface area contributed by atoms with Crippen LogP contribution in [0.15, 0.2) is 120 Å². The smallest absolute Gasteiger partial charge is 0.253 e. The fourth-order valence-electron chi connectivity index (χ4n) is 5.39. The molecule has 6 aromatic carbocycles. The first-order chi connectivity index (χ1) is 23.8. The van der Waals surface area contributed by atoms with Crippen molar-refractivity contribution in [1.82, 2.24) is 4.90 Å². The molecule has 0 heterocycles. The number of nitrogens with zero attached hydrogens (tertiary/aromatic N) is 1. The summed E-state index contributed by atoms with van der Waals surface area (Å²) in [5.74, 6) is 0. The zero-order valence-electron chi connectivity index (χ0n) is 26.3. The molecule has 6 rings (SSSR count). The summed E-state index contributed by atoms with van der Waals surface area (Å²) in [5.41, 5.74) is -0.397. The van der Waals surface area contributed by atoms with Crippen LogP contribution in [-0.4, -0.2) is 44.2 Å². The Labute approximate surface area is 279 Å². The van der Waals surface area contributed by atoms with E-state index in [9.17, 15) is 28.8 Å². The predicted molar refractivity (Wildman–Crippen MR) is 195 cm³/mol. The van der Waals surface area contributed by atoms with Gasteiger partial charge in [0, 0.05) is 56.3 Å². The molecule has 0 atom stereocenters. The highest BCUT2D eigenvalue weighted by atomic mass is 16.2. The van der Waals surface area contributed by atoms with Gasteiger partial charge in [-0.15, -0.1) is 0 Å². The van der Waals surface area contributed by atoms with E-state index in [2.05, 4.69) is 31.9 Å². The Morgan fingerprint density at radius 1 is 0.347 bits per heavy atom. The van der Waals surface area contributed by atoms with Crippen molar-refractivity contribution in [3.8, 4) is 0 Å². The van der Waals surface area contributed by atoms with Gasteiger partial charge >= 0.3 is 0 Å². The highest BCUT2D eigenvalue weighted by Gasteiger charge is 2.23. The molecule has 248 valence electrons. The Morgan fingerprint density at radius 2 is 0.592 bits per heavy atom. The second kappa shape index (κ2) is 14.6. The molecule has 0 aliphatic rings. The molecule has 0 aliphatic carbocycles. The Hall–Kier alpha value is -6.34. The van der Waals surface area contributed by atoms with E-state index < -0.39 is 32.6 Å². The van der Waals surface area contributed by atoms with Crippen molar-refractivity contribution < 1.29 is 0 Å². The van der Waals surface area contributed by atoms with Gasteiger partial charge in [-0.1, -0.05) is 54.6 Å². The summed E-state index contributed by atoms with van der Waals surface area (Å²) in [4.78, 5) is 75.9. The zero-order valence-corrected chi connectivity index (χ0v) is 26.3. The third kappa shape index (κ3) is 7.16. The highest BCUT2D eigenvalue weighted by molar-refractivity contribution is 5.80. The van der Waals surface area contributed by atoms with Gasteiger partial charge in [-0.25, -0.2) is 0 Å². The molecule has 0 unspecified atom stereocenters. The minimum Gasteiger partial charge on any atom is -0.379 e. The molecule has 0 amide bonds. The largest absolute Gasteiger partial charge is 0.379 e. The normalized spacial score (nSPS) is 11.2. The molecule has 6 N–H and O–H groups in total. The third-order valence-electron chi connectivity index (χ3n) is 8.05. The number of anilines is 9. The van der Waals surface area contributed by atoms with E-state index in [0.29, 0.717) is 56.3 Å². The van der Waals surface area contributed by atoms with Crippen molar-refractivity contribution in [1.29, 1.82) is 0 Å². The number of hydrogen-bond acceptors (Lipinski definition) is 13. The van der Waals surface area contributed by atoms with Gasteiger partial charge < -0.3 is 31.9 Å². The fraction of sp³-hybridized carbons (Fsp3) is 0.167. The second-order valence-electron chi connectivity index (χ2n) is 11.3. The molecule has 13 heteroatoms. The van der Waals surface area contributed by atoms with Crippen molar-refractivity contribution in [2.45, 2.75) is 0 Å². The van der Waals surface area contributed by atoms with Crippen LogP contribution >= 0.6 is 0 Å². The molecule has 0 spiro atoms. The summed E-state index contributed by atoms with van der Waals surface area (Å²) in [6.45, 7) is 2.14. The lowest BCUT2D eigenvalue weighted by Gasteiger charge is -2.25. The lowest BCUT2D eigenvalue weighted by molar-refractivity contribution is 0.306. The molecule has 0 radical (unpaired) electrons. The van der Waals surface area contributed by atoms with Crippen LogP contribution in [0.4, 0.5) is 51.2 Å². The van der Waals surface area contributed by atoms with Crippen molar-refractivity contribution in [2.24, 2.45) is 0 Å². The molecule has 0 aromatic heterocycles. The van der Waals surface area contributed by atoms with Crippen LogP contribution in [-0.2, 0) is 0 Å². The number of nitrogens with one attached hydrogen (secondary N) is 6.